The molecular weight excluding hydrogens is 324 g/mol. The molecule has 1 unspecified atom stereocenters. The molecule has 0 spiro atoms. The molecule has 8 nitrogen and oxygen atoms in total. The Hall–Kier alpha value is -2.64. The fourth-order valence-electron chi connectivity index (χ4n) is 1.88. The summed E-state index contributed by atoms with van der Waals surface area (Å²) in [5.41, 5.74) is 0.751. The van der Waals surface area contributed by atoms with Crippen molar-refractivity contribution >= 4 is 23.6 Å². The van der Waals surface area contributed by atoms with E-state index in [1.807, 2.05) is 20.8 Å². The zero-order chi connectivity index (χ0) is 19.2. The smallest absolute Gasteiger partial charge is 0.339 e. The second-order valence-electron chi connectivity index (χ2n) is 6.64. The molecule has 0 fully saturated rings. The first-order valence-corrected chi connectivity index (χ1v) is 8.06. The molecule has 1 aromatic rings. The largest absolute Gasteiger partial charge is 0.462 e. The van der Waals surface area contributed by atoms with Gasteiger partial charge in [0.15, 0.2) is 0 Å². The van der Waals surface area contributed by atoms with Crippen LogP contribution in [0.2, 0.25) is 0 Å². The molecule has 138 valence electrons. The number of nitrogens with zero attached hydrogens (tertiary/aromatic N) is 1. The van der Waals surface area contributed by atoms with E-state index in [-0.39, 0.29) is 18.1 Å². The number of hydrogen-bond acceptors (Lipinski definition) is 5. The van der Waals surface area contributed by atoms with Crippen LogP contribution < -0.4 is 16.0 Å². The molecule has 1 rings (SSSR count). The number of carbonyl (C=O) groups is 3. The van der Waals surface area contributed by atoms with Crippen LogP contribution in [0.3, 0.4) is 0 Å². The van der Waals surface area contributed by atoms with Crippen molar-refractivity contribution in [1.82, 2.24) is 15.6 Å². The summed E-state index contributed by atoms with van der Waals surface area (Å²) in [4.78, 5) is 39.9. The summed E-state index contributed by atoms with van der Waals surface area (Å²) in [5.74, 6) is -0.811. The maximum absolute atomic E-state index is 12.1. The third kappa shape index (κ3) is 6.78. The van der Waals surface area contributed by atoms with Gasteiger partial charge in [0.05, 0.1) is 23.6 Å². The molecule has 1 atom stereocenters. The van der Waals surface area contributed by atoms with Crippen LogP contribution in [-0.2, 0) is 9.53 Å². The molecule has 0 radical (unpaired) electrons. The van der Waals surface area contributed by atoms with E-state index in [1.165, 1.54) is 12.3 Å². The van der Waals surface area contributed by atoms with Crippen LogP contribution >= 0.6 is 0 Å². The van der Waals surface area contributed by atoms with E-state index in [2.05, 4.69) is 20.9 Å². The average molecular weight is 350 g/mol. The van der Waals surface area contributed by atoms with Crippen LogP contribution in [0.5, 0.6) is 0 Å². The van der Waals surface area contributed by atoms with E-state index in [0.717, 1.165) is 0 Å². The number of esters is 1. The molecule has 0 aliphatic rings. The van der Waals surface area contributed by atoms with Gasteiger partial charge in [-0.1, -0.05) is 0 Å². The zero-order valence-corrected chi connectivity index (χ0v) is 15.5. The Bertz CT molecular complexity index is 653. The van der Waals surface area contributed by atoms with Gasteiger partial charge >= 0.3 is 12.0 Å². The summed E-state index contributed by atoms with van der Waals surface area (Å²) in [5, 5.41) is 7.92. The molecule has 1 aromatic heterocycles. The minimum absolute atomic E-state index is 0.237. The van der Waals surface area contributed by atoms with Gasteiger partial charge in [-0.05, 0) is 47.6 Å². The number of amides is 3. The number of pyridine rings is 1. The fourth-order valence-corrected chi connectivity index (χ4v) is 1.88. The molecule has 0 aliphatic heterocycles. The lowest BCUT2D eigenvalue weighted by Gasteiger charge is -2.23. The van der Waals surface area contributed by atoms with Crippen LogP contribution in [-0.4, -0.2) is 41.1 Å². The molecule has 25 heavy (non-hydrogen) atoms. The Morgan fingerprint density at radius 3 is 2.48 bits per heavy atom. The number of aryl methyl sites for hydroxylation is 1. The van der Waals surface area contributed by atoms with Crippen LogP contribution in [0.1, 0.15) is 50.7 Å². The second-order valence-corrected chi connectivity index (χ2v) is 6.64. The minimum atomic E-state index is -0.722. The molecule has 0 aromatic carbocycles. The van der Waals surface area contributed by atoms with E-state index in [9.17, 15) is 14.4 Å². The number of urea groups is 1. The molecule has 3 amide bonds. The topological polar surface area (TPSA) is 109 Å². The summed E-state index contributed by atoms with van der Waals surface area (Å²) < 4.78 is 4.91. The van der Waals surface area contributed by atoms with Gasteiger partial charge in [-0.25, -0.2) is 9.59 Å². The third-order valence-corrected chi connectivity index (χ3v) is 3.09. The number of nitrogens with one attached hydrogen (secondary N) is 3. The van der Waals surface area contributed by atoms with E-state index in [0.29, 0.717) is 11.4 Å². The molecule has 8 heteroatoms. The maximum Gasteiger partial charge on any atom is 0.339 e. The molecule has 0 bridgehead atoms. The molecule has 0 aliphatic carbocycles. The van der Waals surface area contributed by atoms with Crippen molar-refractivity contribution in [3.63, 3.8) is 0 Å². The van der Waals surface area contributed by atoms with Gasteiger partial charge in [-0.15, -0.1) is 0 Å². The van der Waals surface area contributed by atoms with Crippen molar-refractivity contribution in [3.8, 4) is 0 Å². The normalized spacial score (nSPS) is 12.1. The van der Waals surface area contributed by atoms with Crippen molar-refractivity contribution in [2.24, 2.45) is 0 Å². The van der Waals surface area contributed by atoms with Gasteiger partial charge in [0, 0.05) is 11.7 Å². The predicted molar refractivity (Wildman–Crippen MR) is 94.4 cm³/mol. The van der Waals surface area contributed by atoms with Crippen LogP contribution in [0.4, 0.5) is 10.5 Å². The quantitative estimate of drug-likeness (QED) is 0.704. The van der Waals surface area contributed by atoms with E-state index in [1.54, 1.807) is 20.8 Å². The van der Waals surface area contributed by atoms with Crippen molar-refractivity contribution in [2.45, 2.75) is 53.1 Å². The van der Waals surface area contributed by atoms with Crippen LogP contribution in [0.25, 0.3) is 0 Å². The fraction of sp³-hybridized carbons (Fsp3) is 0.529. The summed E-state index contributed by atoms with van der Waals surface area (Å²) in [7, 11) is 0. The lowest BCUT2D eigenvalue weighted by atomic mass is 10.1. The Morgan fingerprint density at radius 2 is 1.92 bits per heavy atom. The van der Waals surface area contributed by atoms with Crippen molar-refractivity contribution < 1.29 is 19.1 Å². The standard InChI is InChI=1S/C17H26N4O4/c1-7-25-15(23)12-8-13(10(2)18-9-12)20-16(24)19-11(3)14(22)21-17(4,5)6/h8-9,11H,7H2,1-6H3,(H,21,22)(H2,19,20,24). The molecular formula is C17H26N4O4. The SMILES string of the molecule is CCOC(=O)c1cnc(C)c(NC(=O)NC(C)C(=O)NC(C)(C)C)c1. The van der Waals surface area contributed by atoms with E-state index in [4.69, 9.17) is 4.74 Å². The molecule has 0 saturated heterocycles. The lowest BCUT2D eigenvalue weighted by Crippen LogP contribution is -2.51. The van der Waals surface area contributed by atoms with Crippen LogP contribution in [0, 0.1) is 6.92 Å². The Morgan fingerprint density at radius 1 is 1.28 bits per heavy atom. The molecule has 0 saturated carbocycles. The van der Waals surface area contributed by atoms with Gasteiger partial charge in [0.1, 0.15) is 6.04 Å². The second kappa shape index (κ2) is 8.46. The summed E-state index contributed by atoms with van der Waals surface area (Å²) >= 11 is 0. The number of aromatic nitrogens is 1. The van der Waals surface area contributed by atoms with Gasteiger partial charge in [0.25, 0.3) is 0 Å². The monoisotopic (exact) mass is 350 g/mol. The third-order valence-electron chi connectivity index (χ3n) is 3.09. The average Bonchev–Trinajstić information content (AvgIpc) is 2.47. The van der Waals surface area contributed by atoms with Crippen molar-refractivity contribution in [1.29, 1.82) is 0 Å². The minimum Gasteiger partial charge on any atom is -0.462 e. The van der Waals surface area contributed by atoms with Gasteiger partial charge in [-0.3, -0.25) is 9.78 Å². The highest BCUT2D eigenvalue weighted by Crippen LogP contribution is 2.15. The lowest BCUT2D eigenvalue weighted by molar-refractivity contribution is -0.123. The zero-order valence-electron chi connectivity index (χ0n) is 15.5. The predicted octanol–water partition coefficient (Wildman–Crippen LogP) is 1.99. The first-order valence-electron chi connectivity index (χ1n) is 8.06. The van der Waals surface area contributed by atoms with Crippen molar-refractivity contribution in [2.75, 3.05) is 11.9 Å². The highest BCUT2D eigenvalue weighted by Gasteiger charge is 2.21. The first kappa shape index (κ1) is 20.4. The number of anilines is 1. The van der Waals surface area contributed by atoms with E-state index >= 15 is 0 Å². The summed E-state index contributed by atoms with van der Waals surface area (Å²) in [6.45, 7) is 10.8. The molecule has 3 N–H and O–H groups in total. The van der Waals surface area contributed by atoms with Crippen LogP contribution in [0.15, 0.2) is 12.3 Å². The Labute approximate surface area is 147 Å². The Balaban J connectivity index is 2.75. The van der Waals surface area contributed by atoms with Gasteiger partial charge in [0.2, 0.25) is 5.91 Å². The Kier molecular flexibility index (Phi) is 6.90. The highest BCUT2D eigenvalue weighted by atomic mass is 16.5. The van der Waals surface area contributed by atoms with Gasteiger partial charge < -0.3 is 20.7 Å². The number of ether oxygens (including phenoxy) is 1. The number of rotatable bonds is 5. The van der Waals surface area contributed by atoms with Gasteiger partial charge in [-0.2, -0.15) is 0 Å². The summed E-state index contributed by atoms with van der Waals surface area (Å²) in [6.07, 6.45) is 1.38. The maximum atomic E-state index is 12.1. The summed E-state index contributed by atoms with van der Waals surface area (Å²) in [6, 6.07) is 0.197. The van der Waals surface area contributed by atoms with Crippen molar-refractivity contribution in [3.05, 3.63) is 23.5 Å². The van der Waals surface area contributed by atoms with E-state index < -0.39 is 23.6 Å². The number of carbonyl (C=O) groups excluding carboxylic acids is 3. The first-order chi connectivity index (χ1) is 11.5. The highest BCUT2D eigenvalue weighted by molar-refractivity contribution is 5.96. The number of hydrogen-bond donors (Lipinski definition) is 3. The molecule has 1 heterocycles.